The van der Waals surface area contributed by atoms with Gasteiger partial charge in [-0.1, -0.05) is 18.2 Å². The Hall–Kier alpha value is -2.46. The number of hydrogen-bond acceptors (Lipinski definition) is 4. The number of nitrogens with zero attached hydrogens (tertiary/aromatic N) is 1. The first kappa shape index (κ1) is 13.2. The van der Waals surface area contributed by atoms with E-state index in [4.69, 9.17) is 14.2 Å². The molecule has 2 aromatic rings. The summed E-state index contributed by atoms with van der Waals surface area (Å²) in [6.45, 7) is 0.289. The summed E-state index contributed by atoms with van der Waals surface area (Å²) < 4.78 is 16.5. The normalized spacial score (nSPS) is 18.9. The van der Waals surface area contributed by atoms with E-state index in [0.29, 0.717) is 0 Å². The number of fused-ring (bicyclic) bond motifs is 2. The van der Waals surface area contributed by atoms with Crippen LogP contribution in [0, 0.1) is 0 Å². The fourth-order valence-corrected chi connectivity index (χ4v) is 3.05. The maximum atomic E-state index is 5.65. The van der Waals surface area contributed by atoms with Gasteiger partial charge in [0.2, 0.25) is 6.79 Å². The van der Waals surface area contributed by atoms with Crippen LogP contribution in [0.2, 0.25) is 0 Å². The average molecular weight is 295 g/mol. The third-order valence-electron chi connectivity index (χ3n) is 4.20. The van der Waals surface area contributed by atoms with Gasteiger partial charge in [-0.3, -0.25) is 0 Å². The summed E-state index contributed by atoms with van der Waals surface area (Å²) in [7, 11) is 3.81. The van der Waals surface area contributed by atoms with Crippen molar-refractivity contribution in [1.29, 1.82) is 0 Å². The highest BCUT2D eigenvalue weighted by Gasteiger charge is 2.25. The number of rotatable bonds is 2. The molecule has 2 heterocycles. The SMILES string of the molecule is CO[C@H]1C=C(c2ccc3c(c2)OCO3)N(C)c2ccccc21. The molecule has 0 aromatic heterocycles. The van der Waals surface area contributed by atoms with Crippen molar-refractivity contribution in [2.45, 2.75) is 6.10 Å². The fraction of sp³-hybridized carbons (Fsp3) is 0.222. The standard InChI is InChI=1S/C18H17NO3/c1-19-14-6-4-3-5-13(14)17(20-2)10-15(19)12-7-8-16-18(9-12)22-11-21-16/h3-10,17H,11H2,1-2H3/t17-/m0/s1. The molecule has 0 fully saturated rings. The number of hydrogen-bond donors (Lipinski definition) is 0. The van der Waals surface area contributed by atoms with Crippen LogP contribution >= 0.6 is 0 Å². The molecule has 0 spiro atoms. The Morgan fingerprint density at radius 1 is 1.09 bits per heavy atom. The van der Waals surface area contributed by atoms with E-state index in [1.54, 1.807) is 7.11 Å². The van der Waals surface area contributed by atoms with Gasteiger partial charge in [-0.05, 0) is 30.3 Å². The number of benzene rings is 2. The molecule has 0 unspecified atom stereocenters. The zero-order chi connectivity index (χ0) is 15.1. The molecule has 1 atom stereocenters. The summed E-state index contributed by atoms with van der Waals surface area (Å²) in [5, 5.41) is 0. The van der Waals surface area contributed by atoms with Crippen molar-refractivity contribution in [1.82, 2.24) is 0 Å². The third kappa shape index (κ3) is 1.96. The molecule has 0 saturated heterocycles. The maximum absolute atomic E-state index is 5.65. The largest absolute Gasteiger partial charge is 0.454 e. The Labute approximate surface area is 129 Å². The molecule has 2 aliphatic heterocycles. The predicted octanol–water partition coefficient (Wildman–Crippen LogP) is 3.59. The van der Waals surface area contributed by atoms with Gasteiger partial charge in [-0.15, -0.1) is 0 Å². The minimum absolute atomic E-state index is 0.0483. The number of anilines is 1. The zero-order valence-electron chi connectivity index (χ0n) is 12.6. The minimum atomic E-state index is -0.0483. The van der Waals surface area contributed by atoms with Crippen LogP contribution in [-0.2, 0) is 4.74 Å². The second-order valence-electron chi connectivity index (χ2n) is 5.39. The van der Waals surface area contributed by atoms with Crippen LogP contribution in [0.3, 0.4) is 0 Å². The molecular formula is C18H17NO3. The summed E-state index contributed by atoms with van der Waals surface area (Å²) in [5.74, 6) is 1.59. The minimum Gasteiger partial charge on any atom is -0.454 e. The van der Waals surface area contributed by atoms with Gasteiger partial charge in [0.25, 0.3) is 0 Å². The summed E-state index contributed by atoms with van der Waals surface area (Å²) >= 11 is 0. The second-order valence-corrected chi connectivity index (χ2v) is 5.39. The summed E-state index contributed by atoms with van der Waals surface area (Å²) in [4.78, 5) is 2.18. The average Bonchev–Trinajstić information content (AvgIpc) is 3.03. The molecule has 2 aliphatic rings. The van der Waals surface area contributed by atoms with Crippen LogP contribution in [0.15, 0.2) is 48.5 Å². The molecule has 0 bridgehead atoms. The van der Waals surface area contributed by atoms with Gasteiger partial charge in [0.05, 0.1) is 0 Å². The van der Waals surface area contributed by atoms with E-state index < -0.39 is 0 Å². The van der Waals surface area contributed by atoms with Crippen molar-refractivity contribution in [3.05, 3.63) is 59.7 Å². The number of ether oxygens (including phenoxy) is 3. The van der Waals surface area contributed by atoms with E-state index in [-0.39, 0.29) is 12.9 Å². The maximum Gasteiger partial charge on any atom is 0.231 e. The molecule has 0 saturated carbocycles. The molecular weight excluding hydrogens is 278 g/mol. The highest BCUT2D eigenvalue weighted by molar-refractivity contribution is 5.84. The van der Waals surface area contributed by atoms with Crippen molar-refractivity contribution in [2.24, 2.45) is 0 Å². The third-order valence-corrected chi connectivity index (χ3v) is 4.20. The molecule has 0 radical (unpaired) electrons. The molecule has 4 rings (SSSR count). The first-order valence-electron chi connectivity index (χ1n) is 7.25. The predicted molar refractivity (Wildman–Crippen MR) is 85.1 cm³/mol. The smallest absolute Gasteiger partial charge is 0.231 e. The Balaban J connectivity index is 1.80. The van der Waals surface area contributed by atoms with E-state index in [1.807, 2.05) is 24.3 Å². The molecule has 4 heteroatoms. The zero-order valence-corrected chi connectivity index (χ0v) is 12.6. The fourth-order valence-electron chi connectivity index (χ4n) is 3.05. The summed E-state index contributed by atoms with van der Waals surface area (Å²) in [5.41, 5.74) is 4.52. The second kappa shape index (κ2) is 5.07. The van der Waals surface area contributed by atoms with Crippen molar-refractivity contribution >= 4 is 11.4 Å². The molecule has 22 heavy (non-hydrogen) atoms. The Bertz CT molecular complexity index is 754. The molecule has 2 aromatic carbocycles. The quantitative estimate of drug-likeness (QED) is 0.847. The Kier molecular flexibility index (Phi) is 3.05. The van der Waals surface area contributed by atoms with E-state index in [2.05, 4.69) is 36.2 Å². The van der Waals surface area contributed by atoms with Crippen molar-refractivity contribution in [2.75, 3.05) is 25.9 Å². The van der Waals surface area contributed by atoms with Crippen molar-refractivity contribution in [3.8, 4) is 11.5 Å². The van der Waals surface area contributed by atoms with Crippen molar-refractivity contribution < 1.29 is 14.2 Å². The van der Waals surface area contributed by atoms with Crippen LogP contribution in [0.5, 0.6) is 11.5 Å². The Morgan fingerprint density at radius 3 is 2.77 bits per heavy atom. The first-order valence-corrected chi connectivity index (χ1v) is 7.25. The van der Waals surface area contributed by atoms with Gasteiger partial charge in [0.1, 0.15) is 6.10 Å². The highest BCUT2D eigenvalue weighted by atomic mass is 16.7. The van der Waals surface area contributed by atoms with E-state index in [1.165, 1.54) is 5.56 Å². The molecule has 0 N–H and O–H groups in total. The van der Waals surface area contributed by atoms with Gasteiger partial charge in [0.15, 0.2) is 11.5 Å². The molecule has 4 nitrogen and oxygen atoms in total. The number of methoxy groups -OCH3 is 1. The van der Waals surface area contributed by atoms with E-state index >= 15 is 0 Å². The van der Waals surface area contributed by atoms with Gasteiger partial charge in [-0.25, -0.2) is 0 Å². The lowest BCUT2D eigenvalue weighted by atomic mass is 9.97. The van der Waals surface area contributed by atoms with Crippen LogP contribution < -0.4 is 14.4 Å². The lowest BCUT2D eigenvalue weighted by Gasteiger charge is -2.32. The van der Waals surface area contributed by atoms with Gasteiger partial charge in [0, 0.05) is 36.7 Å². The monoisotopic (exact) mass is 295 g/mol. The molecule has 0 aliphatic carbocycles. The van der Waals surface area contributed by atoms with Crippen molar-refractivity contribution in [3.63, 3.8) is 0 Å². The molecule has 0 amide bonds. The van der Waals surface area contributed by atoms with E-state index in [9.17, 15) is 0 Å². The van der Waals surface area contributed by atoms with Gasteiger partial charge < -0.3 is 19.1 Å². The summed E-state index contributed by atoms with van der Waals surface area (Å²) in [6, 6.07) is 14.3. The Morgan fingerprint density at radius 2 is 1.91 bits per heavy atom. The number of para-hydroxylation sites is 1. The van der Waals surface area contributed by atoms with E-state index in [0.717, 1.165) is 28.4 Å². The lowest BCUT2D eigenvalue weighted by Crippen LogP contribution is -2.23. The van der Waals surface area contributed by atoms with Gasteiger partial charge >= 0.3 is 0 Å². The van der Waals surface area contributed by atoms with Gasteiger partial charge in [-0.2, -0.15) is 0 Å². The van der Waals surface area contributed by atoms with Crippen LogP contribution in [-0.4, -0.2) is 21.0 Å². The van der Waals surface area contributed by atoms with Crippen LogP contribution in [0.25, 0.3) is 5.70 Å². The topological polar surface area (TPSA) is 30.9 Å². The molecule has 112 valence electrons. The summed E-state index contributed by atoms with van der Waals surface area (Å²) in [6.07, 6.45) is 2.09. The highest BCUT2D eigenvalue weighted by Crippen LogP contribution is 2.41. The first-order chi connectivity index (χ1) is 10.8. The lowest BCUT2D eigenvalue weighted by molar-refractivity contribution is 0.142. The van der Waals surface area contributed by atoms with Crippen LogP contribution in [0.1, 0.15) is 17.2 Å². The van der Waals surface area contributed by atoms with Crippen LogP contribution in [0.4, 0.5) is 5.69 Å².